The van der Waals surface area contributed by atoms with Crippen LogP contribution in [0, 0.1) is 0 Å². The predicted octanol–water partition coefficient (Wildman–Crippen LogP) is 3.12. The number of hydrogen-bond donors (Lipinski definition) is 2. The van der Waals surface area contributed by atoms with E-state index in [-0.39, 0.29) is 17.9 Å². The number of nitrogens with zero attached hydrogens (tertiary/aromatic N) is 1. The number of fused-ring (bicyclic) bond motifs is 3. The van der Waals surface area contributed by atoms with Gasteiger partial charge in [-0.3, -0.25) is 9.59 Å². The third kappa shape index (κ3) is 3.94. The lowest BCUT2D eigenvalue weighted by molar-refractivity contribution is -0.121. The highest BCUT2D eigenvalue weighted by molar-refractivity contribution is 7.18. The molecule has 2 N–H and O–H groups in total. The smallest absolute Gasteiger partial charge is 0.259 e. The van der Waals surface area contributed by atoms with E-state index in [4.69, 9.17) is 4.74 Å². The lowest BCUT2D eigenvalue weighted by atomic mass is 9.97. The maximum absolute atomic E-state index is 12.5. The average Bonchev–Trinajstić information content (AvgIpc) is 3.10. The first-order chi connectivity index (χ1) is 13.6. The van der Waals surface area contributed by atoms with Crippen LogP contribution in [-0.2, 0) is 30.6 Å². The normalized spacial score (nSPS) is 13.3. The van der Waals surface area contributed by atoms with Gasteiger partial charge in [-0.25, -0.2) is 4.98 Å². The molecule has 4 rings (SSSR count). The van der Waals surface area contributed by atoms with E-state index in [1.165, 1.54) is 16.9 Å². The molecule has 0 fully saturated rings. The number of benzene rings is 1. The number of carbonyl (C=O) groups excluding carboxylic acids is 1. The Morgan fingerprint density at radius 2 is 2.04 bits per heavy atom. The molecule has 1 aliphatic carbocycles. The topological polar surface area (TPSA) is 84.1 Å². The Hall–Kier alpha value is -2.67. The zero-order valence-electron chi connectivity index (χ0n) is 15.8. The van der Waals surface area contributed by atoms with Gasteiger partial charge in [-0.15, -0.1) is 11.3 Å². The Bertz CT molecular complexity index is 1050. The van der Waals surface area contributed by atoms with Crippen LogP contribution in [0.4, 0.5) is 0 Å². The number of carbonyl (C=O) groups is 1. The molecule has 1 aromatic carbocycles. The van der Waals surface area contributed by atoms with Gasteiger partial charge in [0, 0.05) is 24.3 Å². The van der Waals surface area contributed by atoms with E-state index in [2.05, 4.69) is 15.3 Å². The molecule has 1 aliphatic rings. The minimum atomic E-state index is -0.0713. The second-order valence-corrected chi connectivity index (χ2v) is 8.11. The molecule has 0 atom stereocenters. The molecular formula is C21H23N3O3S. The van der Waals surface area contributed by atoms with E-state index in [0.29, 0.717) is 18.8 Å². The summed E-state index contributed by atoms with van der Waals surface area (Å²) >= 11 is 1.63. The van der Waals surface area contributed by atoms with Gasteiger partial charge in [0.2, 0.25) is 5.91 Å². The molecule has 3 aromatic rings. The molecule has 0 saturated heterocycles. The molecule has 2 aromatic heterocycles. The van der Waals surface area contributed by atoms with Crippen molar-refractivity contribution in [2.75, 3.05) is 7.11 Å². The first kappa shape index (κ1) is 18.7. The minimum Gasteiger partial charge on any atom is -0.497 e. The van der Waals surface area contributed by atoms with Crippen molar-refractivity contribution in [3.63, 3.8) is 0 Å². The van der Waals surface area contributed by atoms with Crippen LogP contribution in [0.2, 0.25) is 0 Å². The van der Waals surface area contributed by atoms with Gasteiger partial charge in [0.1, 0.15) is 16.4 Å². The molecule has 0 radical (unpaired) electrons. The summed E-state index contributed by atoms with van der Waals surface area (Å²) in [6.45, 7) is 0.462. The number of thiophene rings is 1. The van der Waals surface area contributed by atoms with Crippen LogP contribution in [0.1, 0.15) is 41.1 Å². The number of methoxy groups -OCH3 is 1. The summed E-state index contributed by atoms with van der Waals surface area (Å²) in [4.78, 5) is 34.3. The van der Waals surface area contributed by atoms with Gasteiger partial charge in [-0.05, 0) is 48.9 Å². The lowest BCUT2D eigenvalue weighted by Crippen LogP contribution is -2.23. The van der Waals surface area contributed by atoms with E-state index in [9.17, 15) is 9.59 Å². The van der Waals surface area contributed by atoms with Crippen molar-refractivity contribution in [3.8, 4) is 5.75 Å². The van der Waals surface area contributed by atoms with E-state index in [0.717, 1.165) is 40.8 Å². The minimum absolute atomic E-state index is 0.0657. The number of aryl methyl sites for hydroxylation is 3. The standard InChI is InChI=1S/C21H23N3O3S/c1-27-14-8-6-13(7-9-14)12-22-18(25)11-10-17-23-20(26)19-15-4-2-3-5-16(15)28-21(19)24-17/h6-9H,2-5,10-12H2,1H3,(H,22,25)(H,23,24,26). The van der Waals surface area contributed by atoms with Gasteiger partial charge in [-0.2, -0.15) is 0 Å². The van der Waals surface area contributed by atoms with Crippen LogP contribution in [0.25, 0.3) is 10.2 Å². The number of amides is 1. The van der Waals surface area contributed by atoms with Gasteiger partial charge in [0.05, 0.1) is 12.5 Å². The fourth-order valence-electron chi connectivity index (χ4n) is 3.59. The van der Waals surface area contributed by atoms with Crippen molar-refractivity contribution in [2.45, 2.75) is 45.1 Å². The fourth-order valence-corrected chi connectivity index (χ4v) is 4.87. The zero-order chi connectivity index (χ0) is 19.5. The summed E-state index contributed by atoms with van der Waals surface area (Å²) in [6, 6.07) is 7.58. The van der Waals surface area contributed by atoms with Crippen molar-refractivity contribution in [2.24, 2.45) is 0 Å². The highest BCUT2D eigenvalue weighted by Gasteiger charge is 2.19. The van der Waals surface area contributed by atoms with Crippen molar-refractivity contribution in [1.29, 1.82) is 0 Å². The Morgan fingerprint density at radius 3 is 2.82 bits per heavy atom. The van der Waals surface area contributed by atoms with Crippen LogP contribution in [0.5, 0.6) is 5.75 Å². The van der Waals surface area contributed by atoms with Gasteiger partial charge in [0.25, 0.3) is 5.56 Å². The first-order valence-electron chi connectivity index (χ1n) is 9.57. The first-order valence-corrected chi connectivity index (χ1v) is 10.4. The van der Waals surface area contributed by atoms with Crippen LogP contribution in [-0.4, -0.2) is 23.0 Å². The maximum atomic E-state index is 12.5. The molecule has 0 unspecified atom stereocenters. The molecule has 1 amide bonds. The molecule has 6 nitrogen and oxygen atoms in total. The number of rotatable bonds is 6. The molecule has 0 bridgehead atoms. The zero-order valence-corrected chi connectivity index (χ0v) is 16.7. The maximum Gasteiger partial charge on any atom is 0.259 e. The number of nitrogens with one attached hydrogen (secondary N) is 2. The van der Waals surface area contributed by atoms with Crippen LogP contribution < -0.4 is 15.6 Å². The fraction of sp³-hybridized carbons (Fsp3) is 0.381. The Balaban J connectivity index is 1.38. The van der Waals surface area contributed by atoms with Gasteiger partial charge >= 0.3 is 0 Å². The molecule has 0 saturated carbocycles. The number of aromatic nitrogens is 2. The summed E-state index contributed by atoms with van der Waals surface area (Å²) in [5.74, 6) is 1.30. The second kappa shape index (κ2) is 8.14. The quantitative estimate of drug-likeness (QED) is 0.669. The Labute approximate surface area is 167 Å². The van der Waals surface area contributed by atoms with E-state index < -0.39 is 0 Å². The lowest BCUT2D eigenvalue weighted by Gasteiger charge is -2.09. The van der Waals surface area contributed by atoms with Crippen LogP contribution in [0.15, 0.2) is 29.1 Å². The summed E-state index contributed by atoms with van der Waals surface area (Å²) < 4.78 is 5.13. The number of ether oxygens (including phenoxy) is 1. The van der Waals surface area contributed by atoms with Crippen molar-refractivity contribution in [1.82, 2.24) is 15.3 Å². The Morgan fingerprint density at radius 1 is 1.25 bits per heavy atom. The highest BCUT2D eigenvalue weighted by atomic mass is 32.1. The molecule has 0 aliphatic heterocycles. The van der Waals surface area contributed by atoms with E-state index >= 15 is 0 Å². The van der Waals surface area contributed by atoms with Crippen molar-refractivity contribution < 1.29 is 9.53 Å². The van der Waals surface area contributed by atoms with Crippen LogP contribution >= 0.6 is 11.3 Å². The highest BCUT2D eigenvalue weighted by Crippen LogP contribution is 2.33. The number of aromatic amines is 1. The predicted molar refractivity (Wildman–Crippen MR) is 110 cm³/mol. The van der Waals surface area contributed by atoms with Gasteiger partial charge in [-0.1, -0.05) is 12.1 Å². The van der Waals surface area contributed by atoms with Crippen molar-refractivity contribution in [3.05, 3.63) is 56.4 Å². The molecule has 28 heavy (non-hydrogen) atoms. The largest absolute Gasteiger partial charge is 0.497 e. The van der Waals surface area contributed by atoms with Gasteiger partial charge in [0.15, 0.2) is 0 Å². The molecule has 146 valence electrons. The SMILES string of the molecule is COc1ccc(CNC(=O)CCc2nc3sc4c(c3c(=O)[nH]2)CCCC4)cc1. The van der Waals surface area contributed by atoms with Crippen LogP contribution in [0.3, 0.4) is 0 Å². The number of hydrogen-bond acceptors (Lipinski definition) is 5. The molecule has 7 heteroatoms. The third-order valence-electron chi connectivity index (χ3n) is 5.11. The third-order valence-corrected chi connectivity index (χ3v) is 6.30. The van der Waals surface area contributed by atoms with Crippen molar-refractivity contribution >= 4 is 27.5 Å². The summed E-state index contributed by atoms with van der Waals surface area (Å²) in [7, 11) is 1.62. The average molecular weight is 398 g/mol. The molecule has 2 heterocycles. The van der Waals surface area contributed by atoms with E-state index in [1.807, 2.05) is 24.3 Å². The van der Waals surface area contributed by atoms with E-state index in [1.54, 1.807) is 18.4 Å². The summed E-state index contributed by atoms with van der Waals surface area (Å²) in [5, 5.41) is 3.66. The Kier molecular flexibility index (Phi) is 5.43. The number of H-pyrrole nitrogens is 1. The monoisotopic (exact) mass is 397 g/mol. The summed E-state index contributed by atoms with van der Waals surface area (Å²) in [6.07, 6.45) is 5.03. The molecular weight excluding hydrogens is 374 g/mol. The van der Waals surface area contributed by atoms with Gasteiger partial charge < -0.3 is 15.0 Å². The summed E-state index contributed by atoms with van der Waals surface area (Å²) in [5.41, 5.74) is 2.12. The molecule has 0 spiro atoms. The second-order valence-electron chi connectivity index (χ2n) is 7.03.